The second kappa shape index (κ2) is 3.91. The molecule has 1 N–H and O–H groups in total. The molecule has 0 saturated carbocycles. The first-order chi connectivity index (χ1) is 7.54. The molecule has 0 heterocycles. The molecule has 3 nitrogen and oxygen atoms in total. The van der Waals surface area contributed by atoms with Gasteiger partial charge in [-0.2, -0.15) is 0 Å². The summed E-state index contributed by atoms with van der Waals surface area (Å²) in [6.45, 7) is 3.76. The van der Waals surface area contributed by atoms with Gasteiger partial charge in [0.15, 0.2) is 5.78 Å². The smallest absolute Gasteiger partial charge is 0.166 e. The highest BCUT2D eigenvalue weighted by molar-refractivity contribution is 6.00. The van der Waals surface area contributed by atoms with Crippen LogP contribution in [0.5, 0.6) is 5.75 Å². The first-order valence-electron chi connectivity index (χ1n) is 5.45. The van der Waals surface area contributed by atoms with E-state index in [-0.39, 0.29) is 11.7 Å². The Labute approximate surface area is 95.0 Å². The zero-order valence-corrected chi connectivity index (χ0v) is 9.78. The fourth-order valence-electron chi connectivity index (χ4n) is 2.25. The van der Waals surface area contributed by atoms with E-state index in [1.807, 2.05) is 19.9 Å². The van der Waals surface area contributed by atoms with Gasteiger partial charge in [0.2, 0.25) is 0 Å². The molecule has 16 heavy (non-hydrogen) atoms. The van der Waals surface area contributed by atoms with Gasteiger partial charge in [0.25, 0.3) is 0 Å². The lowest BCUT2D eigenvalue weighted by Crippen LogP contribution is -2.23. The van der Waals surface area contributed by atoms with E-state index in [0.29, 0.717) is 17.5 Å². The Kier molecular flexibility index (Phi) is 2.72. The van der Waals surface area contributed by atoms with E-state index in [9.17, 15) is 9.90 Å². The van der Waals surface area contributed by atoms with Crippen LogP contribution in [0.3, 0.4) is 0 Å². The highest BCUT2D eigenvalue weighted by Gasteiger charge is 2.30. The van der Waals surface area contributed by atoms with Gasteiger partial charge in [-0.1, -0.05) is 6.92 Å². The summed E-state index contributed by atoms with van der Waals surface area (Å²) >= 11 is 0. The van der Waals surface area contributed by atoms with Crippen LogP contribution in [0.2, 0.25) is 0 Å². The van der Waals surface area contributed by atoms with Crippen molar-refractivity contribution in [2.75, 3.05) is 7.11 Å². The van der Waals surface area contributed by atoms with E-state index in [2.05, 4.69) is 0 Å². The molecule has 0 spiro atoms. The van der Waals surface area contributed by atoms with Crippen molar-refractivity contribution < 1.29 is 14.6 Å². The minimum absolute atomic E-state index is 0.102. The number of aliphatic hydroxyl groups is 1. The Balaban J connectivity index is 2.58. The molecule has 86 valence electrons. The molecule has 0 aromatic heterocycles. The molecule has 1 aliphatic carbocycles. The van der Waals surface area contributed by atoms with Gasteiger partial charge < -0.3 is 9.84 Å². The first kappa shape index (κ1) is 11.1. The summed E-state index contributed by atoms with van der Waals surface area (Å²) in [5, 5.41) is 9.95. The lowest BCUT2D eigenvalue weighted by Gasteiger charge is -2.26. The molecule has 0 fully saturated rings. The molecule has 2 unspecified atom stereocenters. The second-order valence-electron chi connectivity index (χ2n) is 4.43. The minimum atomic E-state index is -0.558. The highest BCUT2D eigenvalue weighted by atomic mass is 16.5. The number of methoxy groups -OCH3 is 1. The topological polar surface area (TPSA) is 46.5 Å². The van der Waals surface area contributed by atoms with Gasteiger partial charge in [-0.15, -0.1) is 0 Å². The predicted octanol–water partition coefficient (Wildman–Crippen LogP) is 2.26. The molecule has 1 aromatic carbocycles. The van der Waals surface area contributed by atoms with E-state index >= 15 is 0 Å². The predicted molar refractivity (Wildman–Crippen MR) is 60.8 cm³/mol. The zero-order valence-electron chi connectivity index (χ0n) is 9.78. The van der Waals surface area contributed by atoms with E-state index in [4.69, 9.17) is 4.74 Å². The SMILES string of the molecule is COc1cc2c(cc1C)C(=O)C(C)CC2O. The maximum atomic E-state index is 12.0. The average Bonchev–Trinajstić information content (AvgIpc) is 2.25. The molecule has 1 aliphatic rings. The third-order valence-corrected chi connectivity index (χ3v) is 3.22. The fourth-order valence-corrected chi connectivity index (χ4v) is 2.25. The van der Waals surface area contributed by atoms with Crippen molar-refractivity contribution in [1.29, 1.82) is 0 Å². The van der Waals surface area contributed by atoms with E-state index in [1.165, 1.54) is 0 Å². The van der Waals surface area contributed by atoms with Crippen LogP contribution in [-0.4, -0.2) is 18.0 Å². The number of rotatable bonds is 1. The summed E-state index contributed by atoms with van der Waals surface area (Å²) in [7, 11) is 1.59. The Morgan fingerprint density at radius 1 is 1.44 bits per heavy atom. The Bertz CT molecular complexity index is 437. The van der Waals surface area contributed by atoms with Gasteiger partial charge in [0, 0.05) is 11.5 Å². The number of fused-ring (bicyclic) bond motifs is 1. The number of carbonyl (C=O) groups excluding carboxylic acids is 1. The van der Waals surface area contributed by atoms with Gasteiger partial charge >= 0.3 is 0 Å². The summed E-state index contributed by atoms with van der Waals surface area (Å²) in [4.78, 5) is 12.0. The number of ether oxygens (including phenoxy) is 1. The second-order valence-corrected chi connectivity index (χ2v) is 4.43. The van der Waals surface area contributed by atoms with Crippen LogP contribution >= 0.6 is 0 Å². The Morgan fingerprint density at radius 3 is 2.75 bits per heavy atom. The number of aliphatic hydroxyl groups excluding tert-OH is 1. The standard InChI is InChI=1S/C13H16O3/c1-7-4-10-9(6-12(7)16-3)11(14)5-8(2)13(10)15/h4,6,8,11,14H,5H2,1-3H3. The molecule has 0 amide bonds. The van der Waals surface area contributed by atoms with Crippen LogP contribution in [-0.2, 0) is 0 Å². The van der Waals surface area contributed by atoms with Crippen LogP contribution in [0.15, 0.2) is 12.1 Å². The fraction of sp³-hybridized carbons (Fsp3) is 0.462. The number of Topliss-reactive ketones (excluding diaryl/α,β-unsaturated/α-hetero) is 1. The summed E-state index contributed by atoms with van der Waals surface area (Å²) in [5.41, 5.74) is 2.27. The number of ketones is 1. The molecule has 0 saturated heterocycles. The third-order valence-electron chi connectivity index (χ3n) is 3.22. The molecule has 0 aliphatic heterocycles. The van der Waals surface area contributed by atoms with Crippen LogP contribution in [0.1, 0.15) is 40.9 Å². The van der Waals surface area contributed by atoms with Crippen molar-refractivity contribution >= 4 is 5.78 Å². The Morgan fingerprint density at radius 2 is 2.12 bits per heavy atom. The number of hydrogen-bond acceptors (Lipinski definition) is 3. The molecular formula is C13H16O3. The summed E-state index contributed by atoms with van der Waals surface area (Å²) in [6.07, 6.45) is -0.0601. The summed E-state index contributed by atoms with van der Waals surface area (Å²) in [5.74, 6) is 0.738. The highest BCUT2D eigenvalue weighted by Crippen LogP contribution is 2.36. The molecule has 3 heteroatoms. The molecule has 2 atom stereocenters. The molecule has 1 aromatic rings. The van der Waals surface area contributed by atoms with Crippen molar-refractivity contribution in [2.24, 2.45) is 5.92 Å². The van der Waals surface area contributed by atoms with Crippen LogP contribution < -0.4 is 4.74 Å². The number of benzene rings is 1. The maximum absolute atomic E-state index is 12.0. The van der Waals surface area contributed by atoms with Gasteiger partial charge in [-0.3, -0.25) is 4.79 Å². The van der Waals surface area contributed by atoms with Crippen molar-refractivity contribution in [1.82, 2.24) is 0 Å². The van der Waals surface area contributed by atoms with E-state index in [1.54, 1.807) is 13.2 Å². The number of carbonyl (C=O) groups is 1. The number of hydrogen-bond donors (Lipinski definition) is 1. The van der Waals surface area contributed by atoms with Crippen molar-refractivity contribution in [2.45, 2.75) is 26.4 Å². The molecular weight excluding hydrogens is 204 g/mol. The van der Waals surface area contributed by atoms with Crippen molar-refractivity contribution in [3.05, 3.63) is 28.8 Å². The lowest BCUT2D eigenvalue weighted by atomic mass is 9.81. The minimum Gasteiger partial charge on any atom is -0.496 e. The van der Waals surface area contributed by atoms with E-state index < -0.39 is 6.10 Å². The normalized spacial score (nSPS) is 24.1. The van der Waals surface area contributed by atoms with Crippen LogP contribution in [0.25, 0.3) is 0 Å². The summed E-state index contributed by atoms with van der Waals surface area (Å²) < 4.78 is 5.20. The van der Waals surface area contributed by atoms with Gasteiger partial charge in [0.05, 0.1) is 13.2 Å². The van der Waals surface area contributed by atoms with Gasteiger partial charge in [-0.25, -0.2) is 0 Å². The quantitative estimate of drug-likeness (QED) is 0.789. The average molecular weight is 220 g/mol. The number of aryl methyl sites for hydroxylation is 1. The zero-order chi connectivity index (χ0) is 11.9. The first-order valence-corrected chi connectivity index (χ1v) is 5.45. The lowest BCUT2D eigenvalue weighted by molar-refractivity contribution is 0.0795. The Hall–Kier alpha value is -1.35. The van der Waals surface area contributed by atoms with E-state index in [0.717, 1.165) is 11.3 Å². The largest absolute Gasteiger partial charge is 0.496 e. The third kappa shape index (κ3) is 1.61. The van der Waals surface area contributed by atoms with Crippen LogP contribution in [0, 0.1) is 12.8 Å². The van der Waals surface area contributed by atoms with Crippen LogP contribution in [0.4, 0.5) is 0 Å². The van der Waals surface area contributed by atoms with Gasteiger partial charge in [-0.05, 0) is 36.6 Å². The molecule has 2 rings (SSSR count). The summed E-state index contributed by atoms with van der Waals surface area (Å²) in [6, 6.07) is 3.59. The molecule has 0 radical (unpaired) electrons. The maximum Gasteiger partial charge on any atom is 0.166 e. The van der Waals surface area contributed by atoms with Crippen molar-refractivity contribution in [3.8, 4) is 5.75 Å². The monoisotopic (exact) mass is 220 g/mol. The van der Waals surface area contributed by atoms with Gasteiger partial charge in [0.1, 0.15) is 5.75 Å². The van der Waals surface area contributed by atoms with Crippen molar-refractivity contribution in [3.63, 3.8) is 0 Å². The molecule has 0 bridgehead atoms.